The first-order valence-corrected chi connectivity index (χ1v) is 6.81. The fraction of sp³-hybridized carbons (Fsp3) is 0.846. The molecule has 0 aromatic heterocycles. The number of carboxylic acids is 1. The molecule has 100 valence electrons. The van der Waals surface area contributed by atoms with Crippen molar-refractivity contribution in [2.75, 3.05) is 19.7 Å². The van der Waals surface area contributed by atoms with E-state index in [1.807, 2.05) is 0 Å². The van der Waals surface area contributed by atoms with E-state index < -0.39 is 12.1 Å². The molecule has 3 aliphatic rings. The van der Waals surface area contributed by atoms with Crippen LogP contribution in [0.25, 0.3) is 0 Å². The first kappa shape index (κ1) is 12.0. The summed E-state index contributed by atoms with van der Waals surface area (Å²) in [5.41, 5.74) is 0. The smallest absolute Gasteiger partial charge is 0.334 e. The molecule has 0 aromatic rings. The molecule has 3 atom stereocenters. The summed E-state index contributed by atoms with van der Waals surface area (Å²) in [5, 5.41) is 8.94. The second-order valence-electron chi connectivity index (χ2n) is 5.62. The maximum absolute atomic E-state index is 12.4. The molecule has 1 N–H and O–H groups in total. The molecule has 0 bridgehead atoms. The zero-order valence-corrected chi connectivity index (χ0v) is 10.4. The highest BCUT2D eigenvalue weighted by atomic mass is 16.5. The van der Waals surface area contributed by atoms with Gasteiger partial charge in [-0.3, -0.25) is 4.79 Å². The van der Waals surface area contributed by atoms with Crippen molar-refractivity contribution in [3.05, 3.63) is 0 Å². The Morgan fingerprint density at radius 2 is 1.83 bits per heavy atom. The van der Waals surface area contributed by atoms with Gasteiger partial charge in [-0.05, 0) is 24.7 Å². The van der Waals surface area contributed by atoms with E-state index in [0.29, 0.717) is 25.0 Å². The van der Waals surface area contributed by atoms with Crippen LogP contribution in [0.1, 0.15) is 25.7 Å². The maximum Gasteiger partial charge on any atom is 0.334 e. The predicted octanol–water partition coefficient (Wildman–Crippen LogP) is 0.735. The van der Waals surface area contributed by atoms with Crippen molar-refractivity contribution in [2.24, 2.45) is 17.8 Å². The number of rotatable bonds is 2. The average Bonchev–Trinajstić information content (AvgIpc) is 3.12. The van der Waals surface area contributed by atoms with E-state index in [4.69, 9.17) is 9.84 Å². The Balaban J connectivity index is 1.61. The summed E-state index contributed by atoms with van der Waals surface area (Å²) < 4.78 is 5.15. The lowest BCUT2D eigenvalue weighted by molar-refractivity contribution is -0.159. The molecule has 3 fully saturated rings. The molecule has 1 aliphatic heterocycles. The molecule has 2 saturated carbocycles. The van der Waals surface area contributed by atoms with Gasteiger partial charge in [0.25, 0.3) is 0 Å². The predicted molar refractivity (Wildman–Crippen MR) is 62.9 cm³/mol. The van der Waals surface area contributed by atoms with Gasteiger partial charge >= 0.3 is 5.97 Å². The highest BCUT2D eigenvalue weighted by molar-refractivity contribution is 5.83. The van der Waals surface area contributed by atoms with Crippen LogP contribution in [0.3, 0.4) is 0 Å². The molecule has 0 spiro atoms. The van der Waals surface area contributed by atoms with Crippen LogP contribution in [0.4, 0.5) is 0 Å². The number of fused-ring (bicyclic) bond motifs is 1. The van der Waals surface area contributed by atoms with Crippen LogP contribution in [0.2, 0.25) is 0 Å². The van der Waals surface area contributed by atoms with Gasteiger partial charge in [0.2, 0.25) is 5.91 Å². The third-order valence-electron chi connectivity index (χ3n) is 4.60. The zero-order valence-electron chi connectivity index (χ0n) is 10.4. The lowest BCUT2D eigenvalue weighted by atomic mass is 10.0. The molecular formula is C13H19NO4. The first-order valence-electron chi connectivity index (χ1n) is 6.81. The number of hydrogen-bond acceptors (Lipinski definition) is 3. The molecule has 18 heavy (non-hydrogen) atoms. The zero-order chi connectivity index (χ0) is 12.7. The van der Waals surface area contributed by atoms with Gasteiger partial charge in [-0.1, -0.05) is 12.8 Å². The summed E-state index contributed by atoms with van der Waals surface area (Å²) in [6.45, 7) is 1.09. The van der Waals surface area contributed by atoms with Crippen molar-refractivity contribution in [3.63, 3.8) is 0 Å². The summed E-state index contributed by atoms with van der Waals surface area (Å²) in [7, 11) is 0. The normalized spacial score (nSPS) is 39.0. The average molecular weight is 253 g/mol. The van der Waals surface area contributed by atoms with Gasteiger partial charge in [0.05, 0.1) is 13.2 Å². The molecule has 3 unspecified atom stereocenters. The fourth-order valence-electron chi connectivity index (χ4n) is 3.57. The molecule has 3 rings (SSSR count). The third kappa shape index (κ3) is 2.00. The van der Waals surface area contributed by atoms with Crippen molar-refractivity contribution in [1.82, 2.24) is 4.90 Å². The molecule has 5 nitrogen and oxygen atoms in total. The Morgan fingerprint density at radius 1 is 1.17 bits per heavy atom. The van der Waals surface area contributed by atoms with E-state index in [-0.39, 0.29) is 18.4 Å². The quantitative estimate of drug-likeness (QED) is 0.788. The molecule has 1 saturated heterocycles. The lowest BCUT2D eigenvalue weighted by Crippen LogP contribution is -2.49. The third-order valence-corrected chi connectivity index (χ3v) is 4.60. The standard InChI is InChI=1S/C13H19NO4/c15-12(11-8-3-1-2-4-9(8)11)14-5-6-18-10(7-14)13(16)17/h8-11H,1-7H2,(H,16,17). The Kier molecular flexibility index (Phi) is 3.01. The van der Waals surface area contributed by atoms with E-state index in [9.17, 15) is 9.59 Å². The number of hydrogen-bond donors (Lipinski definition) is 1. The van der Waals surface area contributed by atoms with E-state index in [0.717, 1.165) is 0 Å². The monoisotopic (exact) mass is 253 g/mol. The SMILES string of the molecule is O=C(O)C1CN(C(=O)C2C3CCCCC32)CCO1. The van der Waals surface area contributed by atoms with E-state index in [1.54, 1.807) is 4.90 Å². The number of aliphatic carboxylic acids is 1. The topological polar surface area (TPSA) is 66.8 Å². The molecule has 1 heterocycles. The number of amides is 1. The van der Waals surface area contributed by atoms with Crippen molar-refractivity contribution >= 4 is 11.9 Å². The van der Waals surface area contributed by atoms with E-state index in [1.165, 1.54) is 25.7 Å². The van der Waals surface area contributed by atoms with Gasteiger partial charge in [0.15, 0.2) is 6.10 Å². The van der Waals surface area contributed by atoms with Crippen molar-refractivity contribution in [3.8, 4) is 0 Å². The largest absolute Gasteiger partial charge is 0.479 e. The number of ether oxygens (including phenoxy) is 1. The second-order valence-corrected chi connectivity index (χ2v) is 5.62. The maximum atomic E-state index is 12.4. The fourth-order valence-corrected chi connectivity index (χ4v) is 3.57. The van der Waals surface area contributed by atoms with Crippen molar-refractivity contribution < 1.29 is 19.4 Å². The summed E-state index contributed by atoms with van der Waals surface area (Å²) in [4.78, 5) is 25.0. The van der Waals surface area contributed by atoms with Gasteiger partial charge in [-0.2, -0.15) is 0 Å². The summed E-state index contributed by atoms with van der Waals surface area (Å²) in [5.74, 6) is 0.539. The number of carbonyl (C=O) groups excluding carboxylic acids is 1. The molecule has 0 radical (unpaired) electrons. The summed E-state index contributed by atoms with van der Waals surface area (Å²) in [6.07, 6.45) is 3.99. The summed E-state index contributed by atoms with van der Waals surface area (Å²) >= 11 is 0. The van der Waals surface area contributed by atoms with Crippen LogP contribution in [0.15, 0.2) is 0 Å². The molecule has 1 amide bonds. The van der Waals surface area contributed by atoms with Crippen molar-refractivity contribution in [1.29, 1.82) is 0 Å². The van der Waals surface area contributed by atoms with Crippen LogP contribution in [0, 0.1) is 17.8 Å². The minimum absolute atomic E-state index is 0.168. The number of carbonyl (C=O) groups is 2. The van der Waals surface area contributed by atoms with Gasteiger partial charge in [-0.25, -0.2) is 4.79 Å². The number of nitrogens with zero attached hydrogens (tertiary/aromatic N) is 1. The van der Waals surface area contributed by atoms with Crippen LogP contribution in [-0.4, -0.2) is 47.7 Å². The Hall–Kier alpha value is -1.10. The molecular weight excluding hydrogens is 234 g/mol. The second kappa shape index (κ2) is 4.53. The van der Waals surface area contributed by atoms with E-state index in [2.05, 4.69) is 0 Å². The molecule has 5 heteroatoms. The highest BCUT2D eigenvalue weighted by Gasteiger charge is 2.56. The van der Waals surface area contributed by atoms with Gasteiger partial charge in [-0.15, -0.1) is 0 Å². The molecule has 0 aromatic carbocycles. The summed E-state index contributed by atoms with van der Waals surface area (Å²) in [6, 6.07) is 0. The van der Waals surface area contributed by atoms with Crippen LogP contribution < -0.4 is 0 Å². The Morgan fingerprint density at radius 3 is 2.44 bits per heavy atom. The minimum atomic E-state index is -0.972. The van der Waals surface area contributed by atoms with Gasteiger partial charge in [0, 0.05) is 12.5 Å². The lowest BCUT2D eigenvalue weighted by Gasteiger charge is -2.31. The number of carboxylic acid groups (broad SMARTS) is 1. The first-order chi connectivity index (χ1) is 8.68. The Labute approximate surface area is 106 Å². The minimum Gasteiger partial charge on any atom is -0.479 e. The van der Waals surface area contributed by atoms with Gasteiger partial charge < -0.3 is 14.7 Å². The van der Waals surface area contributed by atoms with Crippen LogP contribution >= 0.6 is 0 Å². The van der Waals surface area contributed by atoms with Crippen LogP contribution in [-0.2, 0) is 14.3 Å². The van der Waals surface area contributed by atoms with Crippen molar-refractivity contribution in [2.45, 2.75) is 31.8 Å². The van der Waals surface area contributed by atoms with Gasteiger partial charge in [0.1, 0.15) is 0 Å². The number of morpholine rings is 1. The highest BCUT2D eigenvalue weighted by Crippen LogP contribution is 2.56. The Bertz CT molecular complexity index is 358. The molecule has 2 aliphatic carbocycles. The van der Waals surface area contributed by atoms with Crippen LogP contribution in [0.5, 0.6) is 0 Å². The van der Waals surface area contributed by atoms with E-state index >= 15 is 0 Å².